The van der Waals surface area contributed by atoms with Crippen LogP contribution in [-0.4, -0.2) is 5.78 Å². The number of carbonyl (C=O) groups excluding carboxylic acids is 1. The Bertz CT molecular complexity index is 638. The average molecular weight is 363 g/mol. The molecule has 1 aromatic heterocycles. The van der Waals surface area contributed by atoms with Crippen LogP contribution < -0.4 is 0 Å². The van der Waals surface area contributed by atoms with E-state index in [1.807, 2.05) is 12.1 Å². The molecular weight excluding hydrogens is 344 g/mol. The van der Waals surface area contributed by atoms with Gasteiger partial charge in [-0.1, -0.05) is 50.6 Å². The van der Waals surface area contributed by atoms with Crippen LogP contribution in [0.25, 0.3) is 6.08 Å². The van der Waals surface area contributed by atoms with Crippen molar-refractivity contribution < 1.29 is 4.79 Å². The molecule has 0 saturated heterocycles. The van der Waals surface area contributed by atoms with Crippen LogP contribution >= 0.6 is 27.3 Å². The SMILES string of the molecule is CCCc1sc(C(=O)/C=C/c2ccc(CC)cc2)cc1Br. The van der Waals surface area contributed by atoms with Crippen molar-refractivity contribution in [2.24, 2.45) is 0 Å². The molecule has 0 amide bonds. The highest BCUT2D eigenvalue weighted by Crippen LogP contribution is 2.29. The van der Waals surface area contributed by atoms with Crippen LogP contribution in [0, 0.1) is 0 Å². The first kappa shape index (κ1) is 16.2. The Kier molecular flexibility index (Phi) is 5.95. The second-order valence-electron chi connectivity index (χ2n) is 4.92. The Morgan fingerprint density at radius 1 is 1.24 bits per heavy atom. The van der Waals surface area contributed by atoms with Gasteiger partial charge in [-0.2, -0.15) is 0 Å². The van der Waals surface area contributed by atoms with Crippen molar-refractivity contribution in [2.75, 3.05) is 0 Å². The number of hydrogen-bond acceptors (Lipinski definition) is 2. The molecule has 3 heteroatoms. The number of hydrogen-bond donors (Lipinski definition) is 0. The van der Waals surface area contributed by atoms with Crippen molar-refractivity contribution >= 4 is 39.1 Å². The van der Waals surface area contributed by atoms with Gasteiger partial charge in [-0.25, -0.2) is 0 Å². The summed E-state index contributed by atoms with van der Waals surface area (Å²) in [5.74, 6) is 0.0719. The molecule has 0 fully saturated rings. The molecule has 2 aromatic rings. The zero-order valence-electron chi connectivity index (χ0n) is 12.4. The van der Waals surface area contributed by atoms with E-state index in [-0.39, 0.29) is 5.78 Å². The van der Waals surface area contributed by atoms with E-state index in [0.717, 1.165) is 34.2 Å². The van der Waals surface area contributed by atoms with Crippen LogP contribution in [-0.2, 0) is 12.8 Å². The summed E-state index contributed by atoms with van der Waals surface area (Å²) in [6.45, 7) is 4.28. The third kappa shape index (κ3) is 4.39. The lowest BCUT2D eigenvalue weighted by Gasteiger charge is -1.97. The summed E-state index contributed by atoms with van der Waals surface area (Å²) in [5.41, 5.74) is 2.37. The van der Waals surface area contributed by atoms with Gasteiger partial charge in [0.05, 0.1) is 4.88 Å². The lowest BCUT2D eigenvalue weighted by atomic mass is 10.1. The van der Waals surface area contributed by atoms with E-state index in [1.165, 1.54) is 10.4 Å². The summed E-state index contributed by atoms with van der Waals surface area (Å²) in [7, 11) is 0. The Hall–Kier alpha value is -1.19. The predicted octanol–water partition coefficient (Wildman–Crippen LogP) is 5.92. The van der Waals surface area contributed by atoms with Crippen molar-refractivity contribution in [2.45, 2.75) is 33.1 Å². The van der Waals surface area contributed by atoms with Crippen LogP contribution in [0.15, 0.2) is 40.9 Å². The molecule has 0 aliphatic carbocycles. The molecule has 0 saturated carbocycles. The summed E-state index contributed by atoms with van der Waals surface area (Å²) in [6.07, 6.45) is 6.68. The van der Waals surface area contributed by atoms with Crippen molar-refractivity contribution in [1.82, 2.24) is 0 Å². The number of carbonyl (C=O) groups is 1. The van der Waals surface area contributed by atoms with Gasteiger partial charge in [0.15, 0.2) is 5.78 Å². The maximum absolute atomic E-state index is 12.2. The van der Waals surface area contributed by atoms with Gasteiger partial charge in [0, 0.05) is 9.35 Å². The molecule has 1 nitrogen and oxygen atoms in total. The van der Waals surface area contributed by atoms with Gasteiger partial charge in [-0.3, -0.25) is 4.79 Å². The van der Waals surface area contributed by atoms with Crippen LogP contribution in [0.2, 0.25) is 0 Å². The number of ketones is 1. The highest BCUT2D eigenvalue weighted by atomic mass is 79.9. The maximum atomic E-state index is 12.2. The summed E-state index contributed by atoms with van der Waals surface area (Å²) in [4.78, 5) is 14.3. The minimum atomic E-state index is 0.0719. The number of benzene rings is 1. The van der Waals surface area contributed by atoms with Crippen molar-refractivity contribution in [3.05, 3.63) is 61.8 Å². The Balaban J connectivity index is 2.09. The average Bonchev–Trinajstić information content (AvgIpc) is 2.87. The Morgan fingerprint density at radius 2 is 1.95 bits per heavy atom. The molecule has 0 unspecified atom stereocenters. The van der Waals surface area contributed by atoms with E-state index >= 15 is 0 Å². The largest absolute Gasteiger partial charge is 0.288 e. The van der Waals surface area contributed by atoms with Crippen LogP contribution in [0.4, 0.5) is 0 Å². The first-order chi connectivity index (χ1) is 10.1. The fourth-order valence-electron chi connectivity index (χ4n) is 2.04. The first-order valence-electron chi connectivity index (χ1n) is 7.23. The zero-order valence-corrected chi connectivity index (χ0v) is 14.8. The van der Waals surface area contributed by atoms with Gasteiger partial charge in [0.2, 0.25) is 0 Å². The van der Waals surface area contributed by atoms with Gasteiger partial charge in [-0.05, 0) is 52.0 Å². The molecule has 2 rings (SSSR count). The molecule has 1 heterocycles. The summed E-state index contributed by atoms with van der Waals surface area (Å²) in [5, 5.41) is 0. The second-order valence-corrected chi connectivity index (χ2v) is 6.92. The smallest absolute Gasteiger partial charge is 0.195 e. The molecule has 0 atom stereocenters. The van der Waals surface area contributed by atoms with Gasteiger partial charge < -0.3 is 0 Å². The standard InChI is InChI=1S/C18H19BrOS/c1-3-5-17-15(19)12-18(21-17)16(20)11-10-14-8-6-13(4-2)7-9-14/h6-12H,3-5H2,1-2H3/b11-10+. The number of halogens is 1. The fraction of sp³-hybridized carbons (Fsp3) is 0.278. The second kappa shape index (κ2) is 7.71. The highest BCUT2D eigenvalue weighted by molar-refractivity contribution is 9.10. The topological polar surface area (TPSA) is 17.1 Å². The summed E-state index contributed by atoms with van der Waals surface area (Å²) < 4.78 is 1.05. The number of rotatable bonds is 6. The molecule has 21 heavy (non-hydrogen) atoms. The zero-order chi connectivity index (χ0) is 15.2. The normalized spacial score (nSPS) is 11.2. The Labute approximate surface area is 138 Å². The molecule has 0 aliphatic heterocycles. The molecule has 0 radical (unpaired) electrons. The number of aryl methyl sites for hydroxylation is 2. The quantitative estimate of drug-likeness (QED) is 0.460. The van der Waals surface area contributed by atoms with E-state index in [4.69, 9.17) is 0 Å². The lowest BCUT2D eigenvalue weighted by Crippen LogP contribution is -1.89. The third-order valence-corrected chi connectivity index (χ3v) is 5.47. The van der Waals surface area contributed by atoms with Gasteiger partial charge in [-0.15, -0.1) is 11.3 Å². The molecule has 0 bridgehead atoms. The summed E-state index contributed by atoms with van der Waals surface area (Å²) in [6, 6.07) is 10.2. The van der Waals surface area contributed by atoms with Crippen molar-refractivity contribution in [3.63, 3.8) is 0 Å². The van der Waals surface area contributed by atoms with Crippen LogP contribution in [0.3, 0.4) is 0 Å². The number of allylic oxidation sites excluding steroid dienone is 1. The number of thiophene rings is 1. The maximum Gasteiger partial charge on any atom is 0.195 e. The molecule has 110 valence electrons. The molecule has 0 aliphatic rings. The van der Waals surface area contributed by atoms with E-state index in [9.17, 15) is 4.79 Å². The Morgan fingerprint density at radius 3 is 2.57 bits per heavy atom. The predicted molar refractivity (Wildman–Crippen MR) is 95.2 cm³/mol. The molecule has 1 aromatic carbocycles. The van der Waals surface area contributed by atoms with Gasteiger partial charge in [0.1, 0.15) is 0 Å². The van der Waals surface area contributed by atoms with Crippen LogP contribution in [0.1, 0.15) is 45.9 Å². The minimum absolute atomic E-state index is 0.0719. The molecular formula is C18H19BrOS. The fourth-order valence-corrected chi connectivity index (χ4v) is 3.94. The van der Waals surface area contributed by atoms with Crippen LogP contribution in [0.5, 0.6) is 0 Å². The minimum Gasteiger partial charge on any atom is -0.288 e. The summed E-state index contributed by atoms with van der Waals surface area (Å²) >= 11 is 5.12. The molecule has 0 spiro atoms. The third-order valence-electron chi connectivity index (χ3n) is 3.29. The van der Waals surface area contributed by atoms with Gasteiger partial charge in [0.25, 0.3) is 0 Å². The van der Waals surface area contributed by atoms with E-state index in [1.54, 1.807) is 17.4 Å². The van der Waals surface area contributed by atoms with E-state index < -0.39 is 0 Å². The van der Waals surface area contributed by atoms with Gasteiger partial charge >= 0.3 is 0 Å². The van der Waals surface area contributed by atoms with E-state index in [0.29, 0.717) is 0 Å². The lowest BCUT2D eigenvalue weighted by molar-refractivity contribution is 0.105. The first-order valence-corrected chi connectivity index (χ1v) is 8.84. The van der Waals surface area contributed by atoms with Crippen molar-refractivity contribution in [1.29, 1.82) is 0 Å². The van der Waals surface area contributed by atoms with Crippen molar-refractivity contribution in [3.8, 4) is 0 Å². The van der Waals surface area contributed by atoms with E-state index in [2.05, 4.69) is 54.0 Å². The molecule has 0 N–H and O–H groups in total. The monoisotopic (exact) mass is 362 g/mol. The highest BCUT2D eigenvalue weighted by Gasteiger charge is 2.10.